The molecule has 0 radical (unpaired) electrons. The van der Waals surface area contributed by atoms with E-state index in [9.17, 15) is 4.79 Å². The highest BCUT2D eigenvalue weighted by molar-refractivity contribution is 5.80. The maximum Gasteiger partial charge on any atom is 0.225 e. The molecule has 2 heterocycles. The van der Waals surface area contributed by atoms with E-state index >= 15 is 0 Å². The highest BCUT2D eigenvalue weighted by Gasteiger charge is 2.54. The van der Waals surface area contributed by atoms with Crippen LogP contribution < -0.4 is 0 Å². The van der Waals surface area contributed by atoms with Crippen LogP contribution >= 0.6 is 0 Å². The van der Waals surface area contributed by atoms with Crippen molar-refractivity contribution in [2.75, 3.05) is 6.61 Å². The molecule has 2 fully saturated rings. The first-order chi connectivity index (χ1) is 10.8. The second-order valence-corrected chi connectivity index (χ2v) is 6.11. The number of ether oxygens (including phenoxy) is 1. The predicted molar refractivity (Wildman–Crippen MR) is 84.1 cm³/mol. The van der Waals surface area contributed by atoms with Gasteiger partial charge in [0.25, 0.3) is 0 Å². The summed E-state index contributed by atoms with van der Waals surface area (Å²) in [6, 6.07) is 20.6. The van der Waals surface area contributed by atoms with Gasteiger partial charge in [-0.1, -0.05) is 60.7 Å². The first kappa shape index (κ1) is 13.5. The minimum Gasteiger partial charge on any atom is -0.353 e. The quantitative estimate of drug-likeness (QED) is 0.869. The molecule has 0 aromatic heterocycles. The Morgan fingerprint density at radius 3 is 2.45 bits per heavy atom. The Kier molecular flexibility index (Phi) is 3.23. The fraction of sp³-hybridized carbons (Fsp3) is 0.316. The van der Waals surface area contributed by atoms with Crippen LogP contribution in [0.2, 0.25) is 0 Å². The molecule has 2 aliphatic heterocycles. The lowest BCUT2D eigenvalue weighted by Gasteiger charge is -2.33. The average Bonchev–Trinajstić information content (AvgIpc) is 3.08. The Bertz CT molecular complexity index is 670. The molecule has 2 atom stereocenters. The Balaban J connectivity index is 1.67. The predicted octanol–water partition coefficient (Wildman–Crippen LogP) is 3.32. The van der Waals surface area contributed by atoms with E-state index in [0.29, 0.717) is 13.0 Å². The van der Waals surface area contributed by atoms with Crippen LogP contribution in [0, 0.1) is 0 Å². The summed E-state index contributed by atoms with van der Waals surface area (Å²) in [5, 5.41) is 0. The van der Waals surface area contributed by atoms with Crippen molar-refractivity contribution in [2.24, 2.45) is 0 Å². The van der Waals surface area contributed by atoms with Crippen LogP contribution in [0.5, 0.6) is 0 Å². The number of hydrogen-bond donors (Lipinski definition) is 0. The number of carbonyl (C=O) groups is 1. The molecule has 2 aliphatic rings. The molecule has 3 heteroatoms. The van der Waals surface area contributed by atoms with E-state index in [1.165, 1.54) is 5.56 Å². The Hall–Kier alpha value is -2.13. The average molecular weight is 293 g/mol. The number of nitrogens with zero attached hydrogens (tertiary/aromatic N) is 1. The molecule has 4 rings (SSSR count). The number of rotatable bonds is 3. The third-order valence-electron chi connectivity index (χ3n) is 4.77. The minimum atomic E-state index is -0.459. The number of amides is 1. The van der Waals surface area contributed by atoms with Crippen molar-refractivity contribution in [2.45, 2.75) is 31.0 Å². The van der Waals surface area contributed by atoms with E-state index in [4.69, 9.17) is 4.74 Å². The summed E-state index contributed by atoms with van der Waals surface area (Å²) in [5.74, 6) is 0.210. The van der Waals surface area contributed by atoms with Gasteiger partial charge < -0.3 is 9.64 Å². The zero-order valence-electron chi connectivity index (χ0n) is 12.4. The SMILES string of the molecule is O=C1CC[C@@]2(Cc3ccccc3)OC[C@H](c3ccccc3)N12. The van der Waals surface area contributed by atoms with Gasteiger partial charge in [-0.25, -0.2) is 0 Å². The van der Waals surface area contributed by atoms with Crippen LogP contribution in [0.15, 0.2) is 60.7 Å². The lowest BCUT2D eigenvalue weighted by molar-refractivity contribution is -0.138. The van der Waals surface area contributed by atoms with Gasteiger partial charge in [0.1, 0.15) is 5.72 Å². The van der Waals surface area contributed by atoms with Crippen LogP contribution in [0.25, 0.3) is 0 Å². The number of hydrogen-bond acceptors (Lipinski definition) is 2. The minimum absolute atomic E-state index is 0.0416. The second kappa shape index (κ2) is 5.25. The Morgan fingerprint density at radius 1 is 1.05 bits per heavy atom. The van der Waals surface area contributed by atoms with Gasteiger partial charge >= 0.3 is 0 Å². The standard InChI is InChI=1S/C19H19NO2/c21-18-11-12-19(13-15-7-3-1-4-8-15)20(18)17(14-22-19)16-9-5-2-6-10-16/h1-10,17H,11-14H2/t17-,19+/m1/s1. The normalized spacial score (nSPS) is 27.2. The maximum atomic E-state index is 12.5. The molecule has 112 valence electrons. The van der Waals surface area contributed by atoms with Crippen molar-refractivity contribution in [3.05, 3.63) is 71.8 Å². The maximum absolute atomic E-state index is 12.5. The highest BCUT2D eigenvalue weighted by Crippen LogP contribution is 2.46. The second-order valence-electron chi connectivity index (χ2n) is 6.11. The molecule has 0 spiro atoms. The summed E-state index contributed by atoms with van der Waals surface area (Å²) in [4.78, 5) is 14.5. The zero-order valence-corrected chi connectivity index (χ0v) is 12.4. The topological polar surface area (TPSA) is 29.5 Å². The molecule has 3 nitrogen and oxygen atoms in total. The van der Waals surface area contributed by atoms with Crippen molar-refractivity contribution in [1.29, 1.82) is 0 Å². The molecule has 0 saturated carbocycles. The highest BCUT2D eigenvalue weighted by atomic mass is 16.5. The number of benzene rings is 2. The summed E-state index contributed by atoms with van der Waals surface area (Å²) >= 11 is 0. The summed E-state index contributed by atoms with van der Waals surface area (Å²) in [6.07, 6.45) is 2.13. The molecule has 2 aromatic carbocycles. The van der Waals surface area contributed by atoms with Crippen molar-refractivity contribution < 1.29 is 9.53 Å². The van der Waals surface area contributed by atoms with Gasteiger partial charge in [0, 0.05) is 19.3 Å². The van der Waals surface area contributed by atoms with E-state index in [1.807, 2.05) is 41.3 Å². The van der Waals surface area contributed by atoms with E-state index in [-0.39, 0.29) is 11.9 Å². The first-order valence-electron chi connectivity index (χ1n) is 7.83. The van der Waals surface area contributed by atoms with Gasteiger partial charge in [-0.05, 0) is 11.1 Å². The molecule has 0 N–H and O–H groups in total. The first-order valence-corrected chi connectivity index (χ1v) is 7.83. The van der Waals surface area contributed by atoms with Crippen LogP contribution in [0.3, 0.4) is 0 Å². The van der Waals surface area contributed by atoms with Crippen molar-refractivity contribution in [1.82, 2.24) is 4.90 Å². The summed E-state index contributed by atoms with van der Waals surface area (Å²) in [5.41, 5.74) is 1.92. The van der Waals surface area contributed by atoms with Crippen LogP contribution in [-0.4, -0.2) is 23.1 Å². The third kappa shape index (κ3) is 2.13. The van der Waals surface area contributed by atoms with Crippen molar-refractivity contribution >= 4 is 5.91 Å². The molecular weight excluding hydrogens is 274 g/mol. The van der Waals surface area contributed by atoms with Crippen molar-refractivity contribution in [3.8, 4) is 0 Å². The Labute approximate surface area is 130 Å². The van der Waals surface area contributed by atoms with E-state index in [1.54, 1.807) is 0 Å². The van der Waals surface area contributed by atoms with Gasteiger partial charge in [0.15, 0.2) is 0 Å². The monoisotopic (exact) mass is 293 g/mol. The fourth-order valence-corrected chi connectivity index (χ4v) is 3.74. The van der Waals surface area contributed by atoms with E-state index in [2.05, 4.69) is 24.3 Å². The summed E-state index contributed by atoms with van der Waals surface area (Å²) in [6.45, 7) is 0.586. The summed E-state index contributed by atoms with van der Waals surface area (Å²) in [7, 11) is 0. The van der Waals surface area contributed by atoms with E-state index < -0.39 is 5.72 Å². The van der Waals surface area contributed by atoms with Crippen LogP contribution in [-0.2, 0) is 16.0 Å². The molecule has 2 aromatic rings. The molecule has 1 amide bonds. The fourth-order valence-electron chi connectivity index (χ4n) is 3.74. The molecule has 0 bridgehead atoms. The van der Waals surface area contributed by atoms with Crippen molar-refractivity contribution in [3.63, 3.8) is 0 Å². The van der Waals surface area contributed by atoms with Crippen LogP contribution in [0.1, 0.15) is 30.0 Å². The van der Waals surface area contributed by atoms with Gasteiger partial charge in [0.2, 0.25) is 5.91 Å². The summed E-state index contributed by atoms with van der Waals surface area (Å²) < 4.78 is 6.21. The smallest absolute Gasteiger partial charge is 0.225 e. The van der Waals surface area contributed by atoms with E-state index in [0.717, 1.165) is 18.4 Å². The van der Waals surface area contributed by atoms with Gasteiger partial charge in [-0.3, -0.25) is 4.79 Å². The molecule has 22 heavy (non-hydrogen) atoms. The molecular formula is C19H19NO2. The lowest BCUT2D eigenvalue weighted by Crippen LogP contribution is -2.44. The third-order valence-corrected chi connectivity index (χ3v) is 4.77. The zero-order chi connectivity index (χ0) is 15.0. The Morgan fingerprint density at radius 2 is 1.73 bits per heavy atom. The molecule has 2 saturated heterocycles. The number of fused-ring (bicyclic) bond motifs is 1. The lowest BCUT2D eigenvalue weighted by atomic mass is 9.99. The molecule has 0 unspecified atom stereocenters. The van der Waals surface area contributed by atoms with Gasteiger partial charge in [-0.2, -0.15) is 0 Å². The van der Waals surface area contributed by atoms with Gasteiger partial charge in [-0.15, -0.1) is 0 Å². The van der Waals surface area contributed by atoms with Crippen LogP contribution in [0.4, 0.5) is 0 Å². The molecule has 0 aliphatic carbocycles. The largest absolute Gasteiger partial charge is 0.353 e. The number of carbonyl (C=O) groups excluding carboxylic acids is 1. The van der Waals surface area contributed by atoms with Gasteiger partial charge in [0.05, 0.1) is 12.6 Å².